The summed E-state index contributed by atoms with van der Waals surface area (Å²) in [5.74, 6) is 0.156. The van der Waals surface area contributed by atoms with Crippen molar-refractivity contribution in [3.8, 4) is 11.5 Å². The van der Waals surface area contributed by atoms with Crippen LogP contribution in [-0.4, -0.2) is 46.7 Å². The Kier molecular flexibility index (Phi) is 4.52. The molecule has 0 heterocycles. The number of phenolic OH excluding ortho intramolecular Hbond substituents is 1. The third-order valence-corrected chi connectivity index (χ3v) is 3.41. The fourth-order valence-corrected chi connectivity index (χ4v) is 2.11. The summed E-state index contributed by atoms with van der Waals surface area (Å²) in [6.45, 7) is 0.381. The Hall–Kier alpha value is -2.44. The first-order valence-electron chi connectivity index (χ1n) is 6.71. The van der Waals surface area contributed by atoms with Gasteiger partial charge in [-0.05, 0) is 31.0 Å². The molecule has 1 aliphatic rings. The van der Waals surface area contributed by atoms with Crippen molar-refractivity contribution in [2.75, 3.05) is 13.7 Å². The first kappa shape index (κ1) is 15.0. The number of aromatic hydroxyl groups is 1. The number of amidine groups is 1. The molecule has 1 aliphatic carbocycles. The monoisotopic (exact) mass is 293 g/mol. The van der Waals surface area contributed by atoms with Gasteiger partial charge in [0, 0.05) is 24.6 Å². The molecule has 0 radical (unpaired) electrons. The summed E-state index contributed by atoms with van der Waals surface area (Å²) in [6.07, 6.45) is 2.20. The van der Waals surface area contributed by atoms with Crippen LogP contribution in [0.5, 0.6) is 11.5 Å². The molecule has 114 valence electrons. The number of benzene rings is 1. The quantitative estimate of drug-likeness (QED) is 0.315. The van der Waals surface area contributed by atoms with Gasteiger partial charge in [-0.25, -0.2) is 0 Å². The van der Waals surface area contributed by atoms with Gasteiger partial charge >= 0.3 is 0 Å². The fraction of sp³-hybridized carbons (Fsp3) is 0.429. The Labute approximate surface area is 122 Å². The lowest BCUT2D eigenvalue weighted by molar-refractivity contribution is 0.0747. The first-order chi connectivity index (χ1) is 10.1. The van der Waals surface area contributed by atoms with Crippen LogP contribution in [0.2, 0.25) is 0 Å². The highest BCUT2D eigenvalue weighted by Gasteiger charge is 2.33. The molecule has 4 N–H and O–H groups in total. The highest BCUT2D eigenvalue weighted by atomic mass is 16.5. The summed E-state index contributed by atoms with van der Waals surface area (Å²) in [6, 6.07) is 4.74. The molecule has 1 saturated carbocycles. The van der Waals surface area contributed by atoms with Crippen molar-refractivity contribution in [1.82, 2.24) is 4.90 Å². The number of amides is 1. The summed E-state index contributed by atoms with van der Waals surface area (Å²) >= 11 is 0. The highest BCUT2D eigenvalue weighted by Crippen LogP contribution is 2.31. The van der Waals surface area contributed by atoms with Crippen LogP contribution >= 0.6 is 0 Å². The molecule has 0 aliphatic heterocycles. The summed E-state index contributed by atoms with van der Waals surface area (Å²) < 4.78 is 4.96. The molecule has 0 saturated heterocycles. The van der Waals surface area contributed by atoms with Gasteiger partial charge in [-0.1, -0.05) is 5.16 Å². The first-order valence-corrected chi connectivity index (χ1v) is 6.71. The Morgan fingerprint density at radius 1 is 1.52 bits per heavy atom. The minimum atomic E-state index is -0.179. The zero-order chi connectivity index (χ0) is 15.4. The Morgan fingerprint density at radius 3 is 2.76 bits per heavy atom. The van der Waals surface area contributed by atoms with E-state index >= 15 is 0 Å². The molecule has 2 rings (SSSR count). The van der Waals surface area contributed by atoms with E-state index in [2.05, 4.69) is 5.16 Å². The van der Waals surface area contributed by atoms with Crippen LogP contribution in [0.1, 0.15) is 29.6 Å². The maximum atomic E-state index is 12.5. The average Bonchev–Trinajstić information content (AvgIpc) is 3.31. The molecule has 1 amide bonds. The maximum absolute atomic E-state index is 12.5. The van der Waals surface area contributed by atoms with Crippen LogP contribution in [0.15, 0.2) is 23.4 Å². The van der Waals surface area contributed by atoms with E-state index in [0.29, 0.717) is 24.3 Å². The van der Waals surface area contributed by atoms with E-state index in [0.717, 1.165) is 12.8 Å². The molecule has 21 heavy (non-hydrogen) atoms. The van der Waals surface area contributed by atoms with Gasteiger partial charge < -0.3 is 25.7 Å². The second-order valence-corrected chi connectivity index (χ2v) is 4.96. The van der Waals surface area contributed by atoms with Crippen molar-refractivity contribution in [3.63, 3.8) is 0 Å². The topological polar surface area (TPSA) is 108 Å². The second-order valence-electron chi connectivity index (χ2n) is 4.96. The van der Waals surface area contributed by atoms with Crippen LogP contribution in [-0.2, 0) is 0 Å². The van der Waals surface area contributed by atoms with Crippen molar-refractivity contribution >= 4 is 11.7 Å². The van der Waals surface area contributed by atoms with Crippen molar-refractivity contribution in [2.24, 2.45) is 10.9 Å². The van der Waals surface area contributed by atoms with Crippen LogP contribution in [0.4, 0.5) is 0 Å². The molecule has 0 unspecified atom stereocenters. The van der Waals surface area contributed by atoms with Gasteiger partial charge in [-0.15, -0.1) is 0 Å². The van der Waals surface area contributed by atoms with Gasteiger partial charge in [-0.3, -0.25) is 4.79 Å². The molecule has 0 bridgehead atoms. The molecule has 1 aromatic rings. The number of oxime groups is 1. The molecule has 1 aromatic carbocycles. The Bertz CT molecular complexity index is 555. The lowest BCUT2D eigenvalue weighted by atomic mass is 10.1. The van der Waals surface area contributed by atoms with E-state index in [1.165, 1.54) is 13.2 Å². The van der Waals surface area contributed by atoms with E-state index in [1.54, 1.807) is 17.0 Å². The van der Waals surface area contributed by atoms with E-state index in [9.17, 15) is 9.90 Å². The largest absolute Gasteiger partial charge is 0.504 e. The number of nitrogens with zero attached hydrogens (tertiary/aromatic N) is 2. The van der Waals surface area contributed by atoms with Crippen molar-refractivity contribution in [1.29, 1.82) is 0 Å². The normalized spacial score (nSPS) is 14.8. The van der Waals surface area contributed by atoms with Gasteiger partial charge in [0.1, 0.15) is 5.84 Å². The van der Waals surface area contributed by atoms with E-state index < -0.39 is 0 Å². The summed E-state index contributed by atoms with van der Waals surface area (Å²) in [4.78, 5) is 14.2. The molecule has 7 nitrogen and oxygen atoms in total. The molecular formula is C14H19N3O4. The summed E-state index contributed by atoms with van der Waals surface area (Å²) in [5, 5.41) is 21.2. The fourth-order valence-electron chi connectivity index (χ4n) is 2.11. The van der Waals surface area contributed by atoms with Gasteiger partial charge in [0.2, 0.25) is 0 Å². The number of hydrogen-bond acceptors (Lipinski definition) is 5. The Morgan fingerprint density at radius 2 is 2.24 bits per heavy atom. The smallest absolute Gasteiger partial charge is 0.254 e. The zero-order valence-electron chi connectivity index (χ0n) is 11.8. The maximum Gasteiger partial charge on any atom is 0.254 e. The standard InChI is InChI=1S/C14H19N3O4/c1-21-12-5-2-9(8-11(12)18)14(19)17(10-3-4-10)7-6-13(15)16-20/h2,5,8,10,18,20H,3-4,6-7H2,1H3,(H2,15,16). The van der Waals surface area contributed by atoms with Gasteiger partial charge in [0.15, 0.2) is 11.5 Å². The minimum absolute atomic E-state index is 0.0736. The number of nitrogens with two attached hydrogens (primary N) is 1. The number of carbonyl (C=O) groups is 1. The van der Waals surface area contributed by atoms with E-state index in [4.69, 9.17) is 15.7 Å². The van der Waals surface area contributed by atoms with E-state index in [1.807, 2.05) is 0 Å². The Balaban J connectivity index is 2.12. The minimum Gasteiger partial charge on any atom is -0.504 e. The van der Waals surface area contributed by atoms with Crippen molar-refractivity contribution in [3.05, 3.63) is 23.8 Å². The second kappa shape index (κ2) is 6.34. The number of phenols is 1. The highest BCUT2D eigenvalue weighted by molar-refractivity contribution is 5.95. The summed E-state index contributed by atoms with van der Waals surface area (Å²) in [7, 11) is 1.45. The third-order valence-electron chi connectivity index (χ3n) is 3.41. The number of carbonyl (C=O) groups excluding carboxylic acids is 1. The molecule has 0 spiro atoms. The molecular weight excluding hydrogens is 274 g/mol. The van der Waals surface area contributed by atoms with Gasteiger partial charge in [0.05, 0.1) is 7.11 Å². The van der Waals surface area contributed by atoms with Crippen LogP contribution in [0.25, 0.3) is 0 Å². The van der Waals surface area contributed by atoms with Crippen LogP contribution in [0.3, 0.4) is 0 Å². The van der Waals surface area contributed by atoms with Crippen molar-refractivity contribution in [2.45, 2.75) is 25.3 Å². The lowest BCUT2D eigenvalue weighted by Crippen LogP contribution is -2.35. The van der Waals surface area contributed by atoms with Gasteiger partial charge in [0.25, 0.3) is 5.91 Å². The van der Waals surface area contributed by atoms with Crippen molar-refractivity contribution < 1.29 is 19.8 Å². The molecule has 1 fully saturated rings. The molecule has 7 heteroatoms. The number of ether oxygens (including phenoxy) is 1. The number of rotatable bonds is 6. The van der Waals surface area contributed by atoms with E-state index in [-0.39, 0.29) is 23.5 Å². The van der Waals surface area contributed by atoms with Crippen LogP contribution < -0.4 is 10.5 Å². The van der Waals surface area contributed by atoms with Gasteiger partial charge in [-0.2, -0.15) is 0 Å². The SMILES string of the molecule is COc1ccc(C(=O)N(CCC(N)=NO)C2CC2)cc1O. The predicted molar refractivity (Wildman–Crippen MR) is 76.7 cm³/mol. The number of methoxy groups -OCH3 is 1. The zero-order valence-corrected chi connectivity index (χ0v) is 11.8. The molecule has 0 atom stereocenters. The molecule has 0 aromatic heterocycles. The average molecular weight is 293 g/mol. The lowest BCUT2D eigenvalue weighted by Gasteiger charge is -2.22. The summed E-state index contributed by atoms with van der Waals surface area (Å²) in [5.41, 5.74) is 5.84. The van der Waals surface area contributed by atoms with Crippen LogP contribution in [0, 0.1) is 0 Å². The third kappa shape index (κ3) is 3.56. The number of hydrogen-bond donors (Lipinski definition) is 3. The predicted octanol–water partition coefficient (Wildman–Crippen LogP) is 1.14.